The number of aryl methyl sites for hydroxylation is 2. The number of aromatic nitrogens is 2. The Bertz CT molecular complexity index is 1160. The van der Waals surface area contributed by atoms with Gasteiger partial charge in [-0.1, -0.05) is 24.3 Å². The monoisotopic (exact) mass is 460 g/mol. The first-order valence-corrected chi connectivity index (χ1v) is 11.2. The van der Waals surface area contributed by atoms with Gasteiger partial charge in [-0.25, -0.2) is 4.79 Å². The molecule has 0 saturated heterocycles. The first kappa shape index (κ1) is 23.4. The Kier molecular flexibility index (Phi) is 7.11. The van der Waals surface area contributed by atoms with E-state index in [0.717, 1.165) is 29.4 Å². The van der Waals surface area contributed by atoms with Gasteiger partial charge in [0.05, 0.1) is 17.1 Å². The standard InChI is InChI=1S/C24H30F2N4O3/c1-29-19-10-7-15(11-20(19)30(2)24(29)32)13-28-18-9-8-17(12-21(18)31)27-14-16-5-3-4-6-22(16)33-23(25)26/h3-7,10-11,17-18,21,23,27-28,31H,8-9,12-14H2,1-2H3/t17-,18-,21+/m1/s1. The van der Waals surface area contributed by atoms with E-state index in [9.17, 15) is 18.7 Å². The molecule has 9 heteroatoms. The molecule has 1 saturated carbocycles. The van der Waals surface area contributed by atoms with Gasteiger partial charge in [0.15, 0.2) is 0 Å². The van der Waals surface area contributed by atoms with Crippen LogP contribution in [0.25, 0.3) is 11.0 Å². The Morgan fingerprint density at radius 3 is 2.58 bits per heavy atom. The third-order valence-corrected chi connectivity index (χ3v) is 6.49. The highest BCUT2D eigenvalue weighted by molar-refractivity contribution is 5.76. The predicted molar refractivity (Wildman–Crippen MR) is 122 cm³/mol. The fourth-order valence-electron chi connectivity index (χ4n) is 4.60. The van der Waals surface area contributed by atoms with E-state index in [0.29, 0.717) is 25.1 Å². The molecule has 0 bridgehead atoms. The maximum Gasteiger partial charge on any atom is 0.387 e. The van der Waals surface area contributed by atoms with Gasteiger partial charge in [0.1, 0.15) is 5.75 Å². The second-order valence-corrected chi connectivity index (χ2v) is 8.66. The molecule has 178 valence electrons. The number of ether oxygens (including phenoxy) is 1. The van der Waals surface area contributed by atoms with E-state index in [4.69, 9.17) is 0 Å². The molecule has 0 amide bonds. The summed E-state index contributed by atoms with van der Waals surface area (Å²) in [7, 11) is 3.52. The fraction of sp³-hybridized carbons (Fsp3) is 0.458. The molecule has 1 aliphatic rings. The van der Waals surface area contributed by atoms with Crippen molar-refractivity contribution >= 4 is 11.0 Å². The summed E-state index contributed by atoms with van der Waals surface area (Å²) in [6.45, 7) is -1.87. The molecule has 7 nitrogen and oxygen atoms in total. The lowest BCUT2D eigenvalue weighted by Gasteiger charge is -2.34. The molecule has 1 fully saturated rings. The molecule has 2 aromatic carbocycles. The van der Waals surface area contributed by atoms with Crippen molar-refractivity contribution in [2.45, 2.75) is 57.2 Å². The Labute approximate surface area is 191 Å². The number of aliphatic hydroxyl groups is 1. The molecule has 0 unspecified atom stereocenters. The maximum atomic E-state index is 12.6. The average Bonchev–Trinajstić information content (AvgIpc) is 3.01. The molecular formula is C24H30F2N4O3. The number of hydrogen-bond acceptors (Lipinski definition) is 5. The second kappa shape index (κ2) is 10.0. The molecule has 3 aromatic rings. The van der Waals surface area contributed by atoms with Crippen molar-refractivity contribution in [1.29, 1.82) is 0 Å². The van der Waals surface area contributed by atoms with Crippen LogP contribution in [0.2, 0.25) is 0 Å². The lowest BCUT2D eigenvalue weighted by molar-refractivity contribution is -0.0505. The smallest absolute Gasteiger partial charge is 0.387 e. The number of halogens is 2. The Morgan fingerprint density at radius 1 is 1.06 bits per heavy atom. The van der Waals surface area contributed by atoms with Crippen molar-refractivity contribution in [3.63, 3.8) is 0 Å². The summed E-state index contributed by atoms with van der Waals surface area (Å²) < 4.78 is 33.1. The topological polar surface area (TPSA) is 80.5 Å². The maximum absolute atomic E-state index is 12.6. The van der Waals surface area contributed by atoms with E-state index in [2.05, 4.69) is 15.4 Å². The van der Waals surface area contributed by atoms with E-state index < -0.39 is 12.7 Å². The first-order valence-electron chi connectivity index (χ1n) is 11.2. The lowest BCUT2D eigenvalue weighted by atomic mass is 9.88. The molecule has 3 atom stereocenters. The number of fused-ring (bicyclic) bond motifs is 1. The van der Waals surface area contributed by atoms with Crippen molar-refractivity contribution in [3.8, 4) is 5.75 Å². The van der Waals surface area contributed by atoms with Gasteiger partial charge in [0.2, 0.25) is 0 Å². The van der Waals surface area contributed by atoms with E-state index in [1.54, 1.807) is 41.4 Å². The van der Waals surface area contributed by atoms with Crippen molar-refractivity contribution in [2.75, 3.05) is 0 Å². The van der Waals surface area contributed by atoms with Crippen LogP contribution in [0.4, 0.5) is 8.78 Å². The molecule has 0 aliphatic heterocycles. The van der Waals surface area contributed by atoms with Gasteiger partial charge in [-0.05, 0) is 43.0 Å². The van der Waals surface area contributed by atoms with Crippen LogP contribution in [0.15, 0.2) is 47.3 Å². The minimum atomic E-state index is -2.86. The molecular weight excluding hydrogens is 430 g/mol. The quantitative estimate of drug-likeness (QED) is 0.482. The number of alkyl halides is 2. The third-order valence-electron chi connectivity index (χ3n) is 6.49. The summed E-state index contributed by atoms with van der Waals surface area (Å²) in [5.41, 5.74) is 3.43. The summed E-state index contributed by atoms with van der Waals surface area (Å²) in [5, 5.41) is 17.5. The number of imidazole rings is 1. The van der Waals surface area contributed by atoms with Crippen LogP contribution >= 0.6 is 0 Å². The number of nitrogens with zero attached hydrogens (tertiary/aromatic N) is 2. The molecule has 3 N–H and O–H groups in total. The summed E-state index contributed by atoms with van der Waals surface area (Å²) in [4.78, 5) is 12.1. The highest BCUT2D eigenvalue weighted by atomic mass is 19.3. The van der Waals surface area contributed by atoms with E-state index in [1.807, 2.05) is 18.2 Å². The van der Waals surface area contributed by atoms with Crippen molar-refractivity contribution in [2.24, 2.45) is 14.1 Å². The van der Waals surface area contributed by atoms with Crippen LogP contribution in [0.1, 0.15) is 30.4 Å². The van der Waals surface area contributed by atoms with Crippen LogP contribution < -0.4 is 21.1 Å². The van der Waals surface area contributed by atoms with Gasteiger partial charge in [-0.15, -0.1) is 0 Å². The molecule has 0 spiro atoms. The second-order valence-electron chi connectivity index (χ2n) is 8.66. The minimum absolute atomic E-state index is 0.0345. The normalized spacial score (nSPS) is 21.1. The van der Waals surface area contributed by atoms with Crippen LogP contribution in [-0.4, -0.2) is 39.0 Å². The highest BCUT2D eigenvalue weighted by Crippen LogP contribution is 2.24. The first-order chi connectivity index (χ1) is 15.8. The van der Waals surface area contributed by atoms with Gasteiger partial charge in [-0.3, -0.25) is 9.13 Å². The zero-order valence-corrected chi connectivity index (χ0v) is 18.8. The summed E-state index contributed by atoms with van der Waals surface area (Å²) in [6.07, 6.45) is 1.70. The fourth-order valence-corrected chi connectivity index (χ4v) is 4.60. The summed E-state index contributed by atoms with van der Waals surface area (Å²) >= 11 is 0. The summed E-state index contributed by atoms with van der Waals surface area (Å²) in [5.74, 6) is 0.170. The van der Waals surface area contributed by atoms with Crippen LogP contribution in [-0.2, 0) is 27.2 Å². The van der Waals surface area contributed by atoms with Gasteiger partial charge in [-0.2, -0.15) is 8.78 Å². The number of para-hydroxylation sites is 1. The Hall–Kier alpha value is -2.75. The van der Waals surface area contributed by atoms with Crippen molar-refractivity contribution in [1.82, 2.24) is 19.8 Å². The molecule has 4 rings (SSSR count). The average molecular weight is 461 g/mol. The lowest BCUT2D eigenvalue weighted by Crippen LogP contribution is -2.48. The van der Waals surface area contributed by atoms with Crippen molar-refractivity contribution < 1.29 is 18.6 Å². The van der Waals surface area contributed by atoms with Crippen molar-refractivity contribution in [3.05, 3.63) is 64.1 Å². The number of nitrogens with one attached hydrogen (secondary N) is 2. The van der Waals surface area contributed by atoms with Crippen LogP contribution in [0.5, 0.6) is 5.75 Å². The third kappa shape index (κ3) is 5.26. The number of rotatable bonds is 8. The molecule has 1 aliphatic carbocycles. The molecule has 1 heterocycles. The van der Waals surface area contributed by atoms with Gasteiger partial charge >= 0.3 is 12.3 Å². The van der Waals surface area contributed by atoms with Crippen LogP contribution in [0, 0.1) is 0 Å². The Balaban J connectivity index is 1.30. The SMILES string of the molecule is Cn1c(=O)n(C)c2cc(CN[C@@H]3CC[C@@H](NCc4ccccc4OC(F)F)C[C@@H]3O)ccc21. The zero-order valence-electron chi connectivity index (χ0n) is 18.8. The van der Waals surface area contributed by atoms with E-state index in [1.165, 1.54) is 6.07 Å². The number of hydrogen-bond donors (Lipinski definition) is 3. The zero-order chi connectivity index (χ0) is 23.5. The largest absolute Gasteiger partial charge is 0.434 e. The molecule has 33 heavy (non-hydrogen) atoms. The van der Waals surface area contributed by atoms with Crippen LogP contribution in [0.3, 0.4) is 0 Å². The van der Waals surface area contributed by atoms with Gasteiger partial charge in [0, 0.05) is 44.8 Å². The van der Waals surface area contributed by atoms with Gasteiger partial charge in [0.25, 0.3) is 0 Å². The summed E-state index contributed by atoms with van der Waals surface area (Å²) in [6, 6.07) is 12.7. The van der Waals surface area contributed by atoms with E-state index in [-0.39, 0.29) is 23.5 Å². The molecule has 0 radical (unpaired) electrons. The van der Waals surface area contributed by atoms with Gasteiger partial charge < -0.3 is 20.5 Å². The highest BCUT2D eigenvalue weighted by Gasteiger charge is 2.28. The van der Waals surface area contributed by atoms with E-state index >= 15 is 0 Å². The number of aliphatic hydroxyl groups excluding tert-OH is 1. The number of benzene rings is 2. The Morgan fingerprint density at radius 2 is 1.82 bits per heavy atom. The predicted octanol–water partition coefficient (Wildman–Crippen LogP) is 2.64. The molecule has 1 aromatic heterocycles. The minimum Gasteiger partial charge on any atom is -0.434 e.